The Labute approximate surface area is 339 Å². The fraction of sp³-hybridized carbons (Fsp3) is 0.0545. The molecule has 2 aromatic heterocycles. The first-order chi connectivity index (χ1) is 28.8. The first kappa shape index (κ1) is 31.2. The van der Waals surface area contributed by atoms with Crippen LogP contribution in [0.25, 0.3) is 71.5 Å². The van der Waals surface area contributed by atoms with Crippen molar-refractivity contribution in [2.75, 3.05) is 4.90 Å². The Morgan fingerprint density at radius 1 is 0.500 bits per heavy atom. The molecule has 0 saturated carbocycles. The number of hydrogen-bond acceptors (Lipinski definition) is 3. The van der Waals surface area contributed by atoms with Crippen molar-refractivity contribution < 1.29 is 4.42 Å². The molecule has 2 atom stereocenters. The van der Waals surface area contributed by atoms with Crippen LogP contribution in [0.15, 0.2) is 186 Å². The lowest BCUT2D eigenvalue weighted by atomic mass is 9.70. The number of benzene rings is 8. The van der Waals surface area contributed by atoms with E-state index in [4.69, 9.17) is 4.42 Å². The average molecular weight is 756 g/mol. The zero-order chi connectivity index (χ0) is 37.7. The molecule has 4 aliphatic rings. The molecule has 10 aromatic rings. The predicted molar refractivity (Wildman–Crippen MR) is 240 cm³/mol. The minimum absolute atomic E-state index is 0.138. The summed E-state index contributed by atoms with van der Waals surface area (Å²) in [5, 5.41) is 3.66. The Balaban J connectivity index is 0.985. The fourth-order valence-corrected chi connectivity index (χ4v) is 12.6. The highest BCUT2D eigenvalue weighted by atomic mass is 32.1. The summed E-state index contributed by atoms with van der Waals surface area (Å²) in [6.07, 6.45) is 4.80. The third-order valence-corrected chi connectivity index (χ3v) is 14.8. The number of rotatable bonds is 2. The van der Waals surface area contributed by atoms with E-state index in [1.165, 1.54) is 93.1 Å². The first-order valence-electron chi connectivity index (χ1n) is 20.2. The number of furan rings is 1. The maximum atomic E-state index is 6.72. The third-order valence-electron chi connectivity index (χ3n) is 13.7. The molecule has 3 heterocycles. The van der Waals surface area contributed by atoms with E-state index in [0.29, 0.717) is 0 Å². The van der Waals surface area contributed by atoms with E-state index in [0.717, 1.165) is 21.9 Å². The molecule has 2 unspecified atom stereocenters. The van der Waals surface area contributed by atoms with Crippen molar-refractivity contribution in [2.45, 2.75) is 17.4 Å². The van der Waals surface area contributed by atoms with Gasteiger partial charge in [0.25, 0.3) is 0 Å². The second-order valence-electron chi connectivity index (χ2n) is 16.2. The van der Waals surface area contributed by atoms with Gasteiger partial charge in [0.15, 0.2) is 0 Å². The monoisotopic (exact) mass is 755 g/mol. The minimum atomic E-state index is -0.381. The van der Waals surface area contributed by atoms with Crippen molar-refractivity contribution in [1.29, 1.82) is 0 Å². The van der Waals surface area contributed by atoms with Crippen LogP contribution in [-0.2, 0) is 5.41 Å². The Hall–Kier alpha value is -6.94. The summed E-state index contributed by atoms with van der Waals surface area (Å²) in [6.45, 7) is 0. The van der Waals surface area contributed by atoms with Gasteiger partial charge in [-0.15, -0.1) is 11.3 Å². The number of fused-ring (bicyclic) bond motifs is 20. The van der Waals surface area contributed by atoms with Gasteiger partial charge in [-0.1, -0.05) is 140 Å². The minimum Gasteiger partial charge on any atom is -0.456 e. The SMILES string of the molecule is C1=CC2c3ccccc3N(c3cccc4oc5ccc(-c6ccc7c(c6)C6(c8ccccc8-c8ccccc86)c6ccccc6-7)cc5c34)C2c2c1sc1ccccc21. The molecule has 1 spiro atoms. The Bertz CT molecular complexity index is 3390. The van der Waals surface area contributed by atoms with Crippen molar-refractivity contribution >= 4 is 60.8 Å². The van der Waals surface area contributed by atoms with Crippen LogP contribution >= 0.6 is 11.3 Å². The summed E-state index contributed by atoms with van der Waals surface area (Å²) < 4.78 is 8.07. The van der Waals surface area contributed by atoms with Crippen LogP contribution in [0.3, 0.4) is 0 Å². The maximum Gasteiger partial charge on any atom is 0.137 e. The summed E-state index contributed by atoms with van der Waals surface area (Å²) in [5.74, 6) is 0.249. The lowest BCUT2D eigenvalue weighted by Crippen LogP contribution is -2.25. The average Bonchev–Trinajstić information content (AvgIpc) is 4.07. The van der Waals surface area contributed by atoms with Gasteiger partial charge in [-0.3, -0.25) is 0 Å². The van der Waals surface area contributed by atoms with Crippen LogP contribution in [0.2, 0.25) is 0 Å². The van der Waals surface area contributed by atoms with E-state index in [1.54, 1.807) is 0 Å². The molecule has 8 aromatic carbocycles. The summed E-state index contributed by atoms with van der Waals surface area (Å²) >= 11 is 1.90. The van der Waals surface area contributed by atoms with Gasteiger partial charge in [0, 0.05) is 32.1 Å². The van der Waals surface area contributed by atoms with Gasteiger partial charge in [-0.05, 0) is 115 Å². The molecule has 3 aliphatic carbocycles. The van der Waals surface area contributed by atoms with E-state index in [-0.39, 0.29) is 17.4 Å². The van der Waals surface area contributed by atoms with Crippen molar-refractivity contribution in [2.24, 2.45) is 0 Å². The highest BCUT2D eigenvalue weighted by Crippen LogP contribution is 2.63. The lowest BCUT2D eigenvalue weighted by molar-refractivity contribution is 0.666. The summed E-state index contributed by atoms with van der Waals surface area (Å²) in [6, 6.07) is 65.8. The van der Waals surface area contributed by atoms with Gasteiger partial charge in [0.2, 0.25) is 0 Å². The number of para-hydroxylation sites is 1. The van der Waals surface area contributed by atoms with Gasteiger partial charge in [-0.2, -0.15) is 0 Å². The number of hydrogen-bond donors (Lipinski definition) is 0. The van der Waals surface area contributed by atoms with Gasteiger partial charge < -0.3 is 9.32 Å². The topological polar surface area (TPSA) is 16.4 Å². The largest absolute Gasteiger partial charge is 0.456 e. The van der Waals surface area contributed by atoms with E-state index in [9.17, 15) is 0 Å². The van der Waals surface area contributed by atoms with Crippen LogP contribution in [-0.4, -0.2) is 0 Å². The third kappa shape index (κ3) is 3.78. The van der Waals surface area contributed by atoms with Gasteiger partial charge in [0.05, 0.1) is 22.5 Å². The van der Waals surface area contributed by atoms with Crippen LogP contribution in [0.5, 0.6) is 0 Å². The first-order valence-corrected chi connectivity index (χ1v) is 21.1. The quantitative estimate of drug-likeness (QED) is 0.175. The van der Waals surface area contributed by atoms with E-state index in [2.05, 4.69) is 193 Å². The molecule has 270 valence electrons. The van der Waals surface area contributed by atoms with E-state index >= 15 is 0 Å². The molecule has 58 heavy (non-hydrogen) atoms. The molecule has 0 fully saturated rings. The van der Waals surface area contributed by atoms with Crippen LogP contribution in [0.1, 0.15) is 50.2 Å². The smallest absolute Gasteiger partial charge is 0.137 e. The van der Waals surface area contributed by atoms with E-state index in [1.807, 2.05) is 11.3 Å². The Morgan fingerprint density at radius 2 is 1.14 bits per heavy atom. The molecule has 3 heteroatoms. The van der Waals surface area contributed by atoms with Gasteiger partial charge >= 0.3 is 0 Å². The Kier molecular flexibility index (Phi) is 5.98. The van der Waals surface area contributed by atoms with Crippen molar-refractivity contribution in [3.8, 4) is 33.4 Å². The van der Waals surface area contributed by atoms with Crippen molar-refractivity contribution in [3.63, 3.8) is 0 Å². The lowest BCUT2D eigenvalue weighted by Gasteiger charge is -2.32. The van der Waals surface area contributed by atoms with Crippen LogP contribution < -0.4 is 4.90 Å². The normalized spacial score (nSPS) is 17.3. The summed E-state index contributed by atoms with van der Waals surface area (Å²) in [5.41, 5.74) is 19.8. The molecular weight excluding hydrogens is 723 g/mol. The second kappa shape index (κ2) is 11.1. The van der Waals surface area contributed by atoms with Crippen LogP contribution in [0.4, 0.5) is 11.4 Å². The molecule has 0 N–H and O–H groups in total. The maximum absolute atomic E-state index is 6.72. The molecule has 0 bridgehead atoms. The number of anilines is 2. The molecule has 0 radical (unpaired) electrons. The summed E-state index contributed by atoms with van der Waals surface area (Å²) in [7, 11) is 0. The fourth-order valence-electron chi connectivity index (χ4n) is 11.4. The van der Waals surface area contributed by atoms with Gasteiger partial charge in [-0.25, -0.2) is 0 Å². The summed E-state index contributed by atoms with van der Waals surface area (Å²) in [4.78, 5) is 3.98. The predicted octanol–water partition coefficient (Wildman–Crippen LogP) is 14.8. The second-order valence-corrected chi connectivity index (χ2v) is 17.3. The molecule has 14 rings (SSSR count). The zero-order valence-electron chi connectivity index (χ0n) is 31.3. The highest BCUT2D eigenvalue weighted by Gasteiger charge is 2.51. The molecular formula is C55H33NOS. The molecule has 1 aliphatic heterocycles. The zero-order valence-corrected chi connectivity index (χ0v) is 32.1. The number of nitrogens with zero attached hydrogens (tertiary/aromatic N) is 1. The molecule has 0 saturated heterocycles. The molecule has 2 nitrogen and oxygen atoms in total. The van der Waals surface area contributed by atoms with E-state index < -0.39 is 0 Å². The van der Waals surface area contributed by atoms with Crippen LogP contribution in [0, 0.1) is 0 Å². The standard InChI is InChI=1S/C55H33NOS/c1-6-17-42-34(12-1)35-13-2-7-18-43(35)55(42)44-19-8-3-14-36(44)37-26-24-33(31-45(37)55)32-25-28-48-41(30-32)52-47(21-11-22-49(52)57-48)56-46-20-9-4-15-38(46)39-27-29-51-53(54(39)56)40-16-5-10-23-50(40)58-51/h1-31,39,54H. The van der Waals surface area contributed by atoms with Crippen molar-refractivity contribution in [1.82, 2.24) is 0 Å². The van der Waals surface area contributed by atoms with Gasteiger partial charge in [0.1, 0.15) is 11.2 Å². The number of thiophene rings is 1. The highest BCUT2D eigenvalue weighted by molar-refractivity contribution is 7.20. The van der Waals surface area contributed by atoms with Crippen molar-refractivity contribution in [3.05, 3.63) is 220 Å². The Morgan fingerprint density at radius 3 is 1.93 bits per heavy atom. The molecule has 0 amide bonds.